The summed E-state index contributed by atoms with van der Waals surface area (Å²) in [5.41, 5.74) is 5.95. The number of nitrogens with zero attached hydrogens (tertiary/aromatic N) is 1. The monoisotopic (exact) mass is 352 g/mol. The van der Waals surface area contributed by atoms with Crippen molar-refractivity contribution in [2.45, 2.75) is 25.5 Å². The Balaban J connectivity index is 2.12. The van der Waals surface area contributed by atoms with E-state index in [0.29, 0.717) is 12.6 Å². The fourth-order valence-electron chi connectivity index (χ4n) is 2.24. The van der Waals surface area contributed by atoms with Crippen LogP contribution in [0.3, 0.4) is 0 Å². The van der Waals surface area contributed by atoms with Crippen LogP contribution in [-0.4, -0.2) is 37.2 Å². The first kappa shape index (κ1) is 14.8. The number of hydrogen-bond donors (Lipinski definition) is 1. The van der Waals surface area contributed by atoms with Gasteiger partial charge in [-0.15, -0.1) is 11.3 Å². The van der Waals surface area contributed by atoms with Gasteiger partial charge < -0.3 is 10.5 Å². The van der Waals surface area contributed by atoms with Crippen molar-refractivity contribution in [2.24, 2.45) is 5.73 Å². The molecule has 0 aliphatic carbocycles. The Morgan fingerprint density at radius 1 is 1.72 bits per heavy atom. The van der Waals surface area contributed by atoms with Crippen LogP contribution >= 0.6 is 38.9 Å². The molecule has 2 heterocycles. The van der Waals surface area contributed by atoms with Gasteiger partial charge in [-0.05, 0) is 28.4 Å². The summed E-state index contributed by atoms with van der Waals surface area (Å²) in [7, 11) is 0. The molecule has 0 bridgehead atoms. The number of nitrogens with two attached hydrogens (primary N) is 1. The van der Waals surface area contributed by atoms with Gasteiger partial charge in [0.15, 0.2) is 0 Å². The van der Waals surface area contributed by atoms with E-state index in [2.05, 4.69) is 33.8 Å². The second kappa shape index (κ2) is 6.68. The number of thiophene rings is 1. The van der Waals surface area contributed by atoms with E-state index in [1.807, 2.05) is 0 Å². The summed E-state index contributed by atoms with van der Waals surface area (Å²) in [6.45, 7) is 5.44. The van der Waals surface area contributed by atoms with Crippen molar-refractivity contribution in [2.75, 3.05) is 26.2 Å². The summed E-state index contributed by atoms with van der Waals surface area (Å²) in [5.74, 6) is 0. The lowest BCUT2D eigenvalue weighted by Crippen LogP contribution is -2.45. The third-order valence-corrected chi connectivity index (χ3v) is 5.86. The van der Waals surface area contributed by atoms with E-state index in [0.717, 1.165) is 34.9 Å². The van der Waals surface area contributed by atoms with Gasteiger partial charge in [-0.2, -0.15) is 0 Å². The van der Waals surface area contributed by atoms with Crippen LogP contribution < -0.4 is 5.73 Å². The van der Waals surface area contributed by atoms with Gasteiger partial charge >= 0.3 is 0 Å². The zero-order valence-corrected chi connectivity index (χ0v) is 13.5. The Morgan fingerprint density at radius 3 is 3.06 bits per heavy atom. The zero-order chi connectivity index (χ0) is 13.1. The van der Waals surface area contributed by atoms with Crippen LogP contribution in [0.4, 0.5) is 0 Å². The second-order valence-electron chi connectivity index (χ2n) is 4.42. The topological polar surface area (TPSA) is 38.5 Å². The first-order valence-corrected chi connectivity index (χ1v) is 8.14. The van der Waals surface area contributed by atoms with Crippen molar-refractivity contribution < 1.29 is 4.74 Å². The van der Waals surface area contributed by atoms with Crippen LogP contribution in [0.2, 0.25) is 4.34 Å². The van der Waals surface area contributed by atoms with Crippen molar-refractivity contribution in [3.8, 4) is 0 Å². The van der Waals surface area contributed by atoms with E-state index >= 15 is 0 Å². The molecule has 1 aliphatic heterocycles. The van der Waals surface area contributed by atoms with E-state index in [-0.39, 0.29) is 6.04 Å². The zero-order valence-electron chi connectivity index (χ0n) is 10.4. The van der Waals surface area contributed by atoms with Gasteiger partial charge in [0.25, 0.3) is 0 Å². The lowest BCUT2D eigenvalue weighted by Gasteiger charge is -2.37. The largest absolute Gasteiger partial charge is 0.376 e. The predicted octanol–water partition coefficient (Wildman–Crippen LogP) is 3.27. The van der Waals surface area contributed by atoms with Gasteiger partial charge in [0.2, 0.25) is 0 Å². The van der Waals surface area contributed by atoms with Gasteiger partial charge in [-0.3, -0.25) is 4.90 Å². The van der Waals surface area contributed by atoms with E-state index in [4.69, 9.17) is 22.1 Å². The van der Waals surface area contributed by atoms with Crippen molar-refractivity contribution in [1.29, 1.82) is 0 Å². The van der Waals surface area contributed by atoms with Crippen LogP contribution in [0.5, 0.6) is 0 Å². The molecule has 1 aromatic heterocycles. The average Bonchev–Trinajstić information content (AvgIpc) is 2.70. The van der Waals surface area contributed by atoms with Crippen LogP contribution in [0.25, 0.3) is 0 Å². The van der Waals surface area contributed by atoms with E-state index in [1.54, 1.807) is 11.3 Å². The third-order valence-electron chi connectivity index (χ3n) is 3.28. The average molecular weight is 354 g/mol. The minimum atomic E-state index is 0.247. The SMILES string of the molecule is CCC1CN(C(CN)c2cc(Br)c(Cl)s2)CCO1. The fourth-order valence-corrected chi connectivity index (χ4v) is 4.13. The van der Waals surface area contributed by atoms with Gasteiger partial charge in [0.05, 0.1) is 18.8 Å². The summed E-state index contributed by atoms with van der Waals surface area (Å²) < 4.78 is 7.46. The lowest BCUT2D eigenvalue weighted by atomic mass is 10.1. The van der Waals surface area contributed by atoms with E-state index < -0.39 is 0 Å². The molecule has 0 spiro atoms. The lowest BCUT2D eigenvalue weighted by molar-refractivity contribution is -0.0432. The molecule has 3 nitrogen and oxygen atoms in total. The Bertz CT molecular complexity index is 382. The first-order chi connectivity index (χ1) is 8.65. The van der Waals surface area contributed by atoms with Gasteiger partial charge in [0, 0.05) is 29.0 Å². The molecule has 0 amide bonds. The standard InChI is InChI=1S/C12H18BrClN2OS/c1-2-8-7-16(3-4-17-8)10(6-15)11-5-9(13)12(14)18-11/h5,8,10H,2-4,6-7,15H2,1H3. The maximum atomic E-state index is 6.11. The van der Waals surface area contributed by atoms with Crippen molar-refractivity contribution in [1.82, 2.24) is 4.90 Å². The summed E-state index contributed by atoms with van der Waals surface area (Å²) in [6.07, 6.45) is 1.37. The smallest absolute Gasteiger partial charge is 0.107 e. The Hall–Kier alpha value is 0.350. The highest BCUT2D eigenvalue weighted by Gasteiger charge is 2.27. The van der Waals surface area contributed by atoms with Crippen LogP contribution in [0.1, 0.15) is 24.3 Å². The molecular formula is C12H18BrClN2OS. The van der Waals surface area contributed by atoms with Crippen molar-refractivity contribution >= 4 is 38.9 Å². The maximum absolute atomic E-state index is 6.11. The molecule has 6 heteroatoms. The van der Waals surface area contributed by atoms with Crippen molar-refractivity contribution in [3.05, 3.63) is 19.8 Å². The minimum Gasteiger partial charge on any atom is -0.376 e. The molecule has 0 saturated carbocycles. The fraction of sp³-hybridized carbons (Fsp3) is 0.667. The summed E-state index contributed by atoms with van der Waals surface area (Å²) in [6, 6.07) is 2.33. The molecule has 2 atom stereocenters. The van der Waals surface area contributed by atoms with Crippen LogP contribution in [0.15, 0.2) is 10.5 Å². The Kier molecular flexibility index (Phi) is 5.47. The summed E-state index contributed by atoms with van der Waals surface area (Å²) >= 11 is 11.2. The van der Waals surface area contributed by atoms with Gasteiger partial charge in [-0.1, -0.05) is 18.5 Å². The number of halogens is 2. The molecule has 1 saturated heterocycles. The summed E-state index contributed by atoms with van der Waals surface area (Å²) in [5, 5.41) is 0. The molecular weight excluding hydrogens is 336 g/mol. The molecule has 2 rings (SSSR count). The second-order valence-corrected chi connectivity index (χ2v) is 6.96. The highest BCUT2D eigenvalue weighted by Crippen LogP contribution is 2.37. The number of rotatable bonds is 4. The molecule has 1 aromatic rings. The number of morpholine rings is 1. The molecule has 1 fully saturated rings. The van der Waals surface area contributed by atoms with E-state index in [9.17, 15) is 0 Å². The molecule has 0 aromatic carbocycles. The molecule has 2 unspecified atom stereocenters. The number of ether oxygens (including phenoxy) is 1. The molecule has 2 N–H and O–H groups in total. The maximum Gasteiger partial charge on any atom is 0.107 e. The molecule has 18 heavy (non-hydrogen) atoms. The Labute approximate surface area is 125 Å². The summed E-state index contributed by atoms with van der Waals surface area (Å²) in [4.78, 5) is 3.64. The van der Waals surface area contributed by atoms with Gasteiger partial charge in [0.1, 0.15) is 4.34 Å². The van der Waals surface area contributed by atoms with E-state index in [1.165, 1.54) is 4.88 Å². The van der Waals surface area contributed by atoms with Crippen LogP contribution in [0, 0.1) is 0 Å². The van der Waals surface area contributed by atoms with Crippen molar-refractivity contribution in [3.63, 3.8) is 0 Å². The van der Waals surface area contributed by atoms with Gasteiger partial charge in [-0.25, -0.2) is 0 Å². The Morgan fingerprint density at radius 2 is 2.50 bits per heavy atom. The third kappa shape index (κ3) is 3.26. The first-order valence-electron chi connectivity index (χ1n) is 6.16. The molecule has 0 radical (unpaired) electrons. The quantitative estimate of drug-likeness (QED) is 0.903. The molecule has 1 aliphatic rings. The predicted molar refractivity (Wildman–Crippen MR) is 80.4 cm³/mol. The normalized spacial score (nSPS) is 23.2. The minimum absolute atomic E-state index is 0.247. The molecule has 102 valence electrons. The highest BCUT2D eigenvalue weighted by molar-refractivity contribution is 9.10. The number of hydrogen-bond acceptors (Lipinski definition) is 4. The van der Waals surface area contributed by atoms with Crippen LogP contribution in [-0.2, 0) is 4.74 Å². The highest BCUT2D eigenvalue weighted by atomic mass is 79.9.